The molecule has 2 aromatic carbocycles. The number of anilines is 1. The van der Waals surface area contributed by atoms with Gasteiger partial charge in [0.1, 0.15) is 0 Å². The first-order valence-corrected chi connectivity index (χ1v) is 16.7. The minimum absolute atomic E-state index is 0.138. The van der Waals surface area contributed by atoms with Crippen molar-refractivity contribution >= 4 is 35.9 Å². The van der Waals surface area contributed by atoms with Crippen molar-refractivity contribution in [3.05, 3.63) is 86.7 Å². The average Bonchev–Trinajstić information content (AvgIpc) is 3.31. The van der Waals surface area contributed by atoms with Gasteiger partial charge in [0.25, 0.3) is 11.5 Å². The van der Waals surface area contributed by atoms with Gasteiger partial charge in [-0.1, -0.05) is 35.0 Å². The summed E-state index contributed by atoms with van der Waals surface area (Å²) in [6.07, 6.45) is 1.40. The van der Waals surface area contributed by atoms with Crippen LogP contribution in [0.15, 0.2) is 70.1 Å². The maximum atomic E-state index is 15.6. The van der Waals surface area contributed by atoms with Gasteiger partial charge in [0.2, 0.25) is 8.41 Å². The van der Waals surface area contributed by atoms with Crippen molar-refractivity contribution in [2.24, 2.45) is 5.92 Å². The van der Waals surface area contributed by atoms with Gasteiger partial charge in [-0.2, -0.15) is 0 Å². The van der Waals surface area contributed by atoms with E-state index >= 15 is 4.11 Å². The third-order valence-corrected chi connectivity index (χ3v) is 11.0. The van der Waals surface area contributed by atoms with Gasteiger partial charge in [0.15, 0.2) is 11.4 Å². The van der Waals surface area contributed by atoms with Crippen molar-refractivity contribution in [1.29, 1.82) is 0 Å². The van der Waals surface area contributed by atoms with Crippen LogP contribution in [0.4, 0.5) is 9.80 Å². The molecule has 0 saturated carbocycles. The Balaban J connectivity index is 1.51. The lowest BCUT2D eigenvalue weighted by molar-refractivity contribution is -0.146. The molecule has 1 fully saturated rings. The van der Waals surface area contributed by atoms with Gasteiger partial charge in [-0.3, -0.25) is 14.2 Å². The number of rotatable bonds is 7. The lowest BCUT2D eigenvalue weighted by atomic mass is 9.82. The maximum Gasteiger partial charge on any atom is 0.297 e. The highest BCUT2D eigenvalue weighted by atomic mass is 79.9. The number of benzene rings is 2. The molecule has 10 heteroatoms. The number of aliphatic hydroxyl groups is 1. The molecule has 1 saturated heterocycles. The number of ether oxygens (including phenoxy) is 2. The molecule has 3 aromatic rings. The Kier molecular flexibility index (Phi) is 7.34. The molecule has 0 unspecified atom stereocenters. The number of amides is 1. The van der Waals surface area contributed by atoms with Gasteiger partial charge in [0, 0.05) is 40.0 Å². The van der Waals surface area contributed by atoms with E-state index < -0.39 is 31.6 Å². The summed E-state index contributed by atoms with van der Waals surface area (Å²) < 4.78 is 29.7. The summed E-state index contributed by atoms with van der Waals surface area (Å²) in [4.78, 5) is 28.6. The number of pyridine rings is 1. The van der Waals surface area contributed by atoms with E-state index in [1.165, 1.54) is 11.7 Å². The first-order valence-electron chi connectivity index (χ1n) is 13.0. The second-order valence-corrected chi connectivity index (χ2v) is 15.5. The van der Waals surface area contributed by atoms with Crippen molar-refractivity contribution in [2.45, 2.75) is 50.2 Å². The fraction of sp³-hybridized carbons (Fsp3) is 0.379. The molecule has 1 spiro atoms. The van der Waals surface area contributed by atoms with Gasteiger partial charge in [0.05, 0.1) is 25.4 Å². The van der Waals surface area contributed by atoms with Crippen LogP contribution in [0, 0.1) is 5.92 Å². The smallest absolute Gasteiger partial charge is 0.297 e. The number of nitrogens with zero attached hydrogens (tertiary/aromatic N) is 2. The lowest BCUT2D eigenvalue weighted by Gasteiger charge is -2.31. The molecule has 3 heterocycles. The molecule has 2 aliphatic heterocycles. The highest BCUT2D eigenvalue weighted by Crippen LogP contribution is 2.60. The lowest BCUT2D eigenvalue weighted by Crippen LogP contribution is -2.45. The highest BCUT2D eigenvalue weighted by Gasteiger charge is 2.66. The number of carbonyl (C=O) groups is 1. The maximum absolute atomic E-state index is 15.6. The molecule has 4 atom stereocenters. The molecular formula is C29H32BrFN2O5Si. The van der Waals surface area contributed by atoms with Gasteiger partial charge in [-0.05, 0) is 67.5 Å². The molecule has 1 aromatic heterocycles. The largest absolute Gasteiger partial charge is 0.491 e. The Morgan fingerprint density at radius 2 is 1.87 bits per heavy atom. The van der Waals surface area contributed by atoms with E-state index in [0.717, 1.165) is 21.3 Å². The molecule has 5 rings (SSSR count). The predicted octanol–water partition coefficient (Wildman–Crippen LogP) is 5.31. The number of aromatic nitrogens is 1. The van der Waals surface area contributed by atoms with Crippen LogP contribution in [-0.2, 0) is 21.7 Å². The molecule has 0 aliphatic carbocycles. The first-order chi connectivity index (χ1) is 18.5. The third-order valence-electron chi connectivity index (χ3n) is 8.02. The van der Waals surface area contributed by atoms with Gasteiger partial charge < -0.3 is 23.6 Å². The second-order valence-electron chi connectivity index (χ2n) is 10.8. The minimum atomic E-state index is -3.25. The zero-order valence-corrected chi connectivity index (χ0v) is 24.9. The Hall–Kier alpha value is -2.79. The van der Waals surface area contributed by atoms with Crippen molar-refractivity contribution in [1.82, 2.24) is 4.57 Å². The molecule has 0 radical (unpaired) electrons. The predicted molar refractivity (Wildman–Crippen MR) is 154 cm³/mol. The quantitative estimate of drug-likeness (QED) is 0.288. The summed E-state index contributed by atoms with van der Waals surface area (Å²) in [5.41, 5.74) is 0.955. The monoisotopic (exact) mass is 614 g/mol. The number of hydrogen-bond acceptors (Lipinski definition) is 5. The summed E-state index contributed by atoms with van der Waals surface area (Å²) in [5.74, 6) is -0.381. The Labute approximate surface area is 236 Å². The Morgan fingerprint density at radius 1 is 1.15 bits per heavy atom. The molecule has 2 aliphatic rings. The average molecular weight is 616 g/mol. The van der Waals surface area contributed by atoms with Crippen molar-refractivity contribution in [3.63, 3.8) is 0 Å². The number of hydrogen-bond donors (Lipinski definition) is 1. The standard InChI is InChI=1S/C29H32BrFN2O5Si/c1-18-26(39(3,4)31)24(13-15-34)38-29(18)22-16-20(30)9-12-23(22)33(28(29)36)17-19-7-10-21(11-8-19)32-14-5-6-25(37-2)27(32)35/h5-12,14,16,18,24,26,34H,13,15,17H2,1-4H3/t18-,24+,26-,29+/m0/s1. The molecule has 1 N–H and O–H groups in total. The van der Waals surface area contributed by atoms with E-state index in [1.807, 2.05) is 49.4 Å². The molecule has 39 heavy (non-hydrogen) atoms. The Bertz CT molecular complexity index is 1460. The zero-order chi connectivity index (χ0) is 28.1. The molecular weight excluding hydrogens is 583 g/mol. The molecule has 7 nitrogen and oxygen atoms in total. The summed E-state index contributed by atoms with van der Waals surface area (Å²) in [5, 5.41) is 9.71. The number of carbonyl (C=O) groups excluding carboxylic acids is 1. The van der Waals surface area contributed by atoms with E-state index in [4.69, 9.17) is 9.47 Å². The van der Waals surface area contributed by atoms with Gasteiger partial charge in [-0.25, -0.2) is 0 Å². The summed E-state index contributed by atoms with van der Waals surface area (Å²) in [7, 11) is -1.79. The number of fused-ring (bicyclic) bond motifs is 2. The fourth-order valence-corrected chi connectivity index (χ4v) is 9.25. The van der Waals surface area contributed by atoms with Gasteiger partial charge >= 0.3 is 0 Å². The van der Waals surface area contributed by atoms with Crippen LogP contribution in [0.2, 0.25) is 18.6 Å². The van der Waals surface area contributed by atoms with E-state index in [1.54, 1.807) is 36.3 Å². The molecule has 0 bridgehead atoms. The molecule has 206 valence electrons. The van der Waals surface area contributed by atoms with Crippen molar-refractivity contribution in [3.8, 4) is 11.4 Å². The van der Waals surface area contributed by atoms with Crippen LogP contribution in [0.25, 0.3) is 5.69 Å². The summed E-state index contributed by atoms with van der Waals surface area (Å²) >= 11 is 3.54. The van der Waals surface area contributed by atoms with Crippen molar-refractivity contribution < 1.29 is 23.5 Å². The van der Waals surface area contributed by atoms with Crippen LogP contribution in [-0.4, -0.2) is 43.8 Å². The first kappa shape index (κ1) is 27.8. The molecule has 1 amide bonds. The van der Waals surface area contributed by atoms with Crippen LogP contribution < -0.4 is 15.2 Å². The minimum Gasteiger partial charge on any atom is -0.491 e. The second kappa shape index (κ2) is 10.3. The van der Waals surface area contributed by atoms with Crippen LogP contribution in [0.5, 0.6) is 5.75 Å². The number of methoxy groups -OCH3 is 1. The topological polar surface area (TPSA) is 81.0 Å². The third kappa shape index (κ3) is 4.57. The number of aliphatic hydroxyl groups excluding tert-OH is 1. The van der Waals surface area contributed by atoms with Crippen LogP contribution >= 0.6 is 15.9 Å². The van der Waals surface area contributed by atoms with E-state index in [2.05, 4.69) is 15.9 Å². The van der Waals surface area contributed by atoms with Crippen LogP contribution in [0.3, 0.4) is 0 Å². The van der Waals surface area contributed by atoms with E-state index in [9.17, 15) is 14.7 Å². The SMILES string of the molecule is COc1cccn(-c2ccc(CN3C(=O)[C@]4(O[C@H](CCO)[C@@H]([Si](C)(C)F)[C@@H]4C)c4cc(Br)ccc43)cc2)c1=O. The van der Waals surface area contributed by atoms with Crippen molar-refractivity contribution in [2.75, 3.05) is 18.6 Å². The Morgan fingerprint density at radius 3 is 2.51 bits per heavy atom. The fourth-order valence-electron chi connectivity index (χ4n) is 6.35. The zero-order valence-electron chi connectivity index (χ0n) is 22.4. The highest BCUT2D eigenvalue weighted by molar-refractivity contribution is 9.10. The summed E-state index contributed by atoms with van der Waals surface area (Å²) in [6, 6.07) is 16.4. The number of halogens is 2. The van der Waals surface area contributed by atoms with E-state index in [-0.39, 0.29) is 36.8 Å². The van der Waals surface area contributed by atoms with E-state index in [0.29, 0.717) is 5.69 Å². The summed E-state index contributed by atoms with van der Waals surface area (Å²) in [6.45, 7) is 5.35. The van der Waals surface area contributed by atoms with Gasteiger partial charge in [-0.15, -0.1) is 0 Å². The normalized spacial score (nSPS) is 24.4. The van der Waals surface area contributed by atoms with Crippen LogP contribution in [0.1, 0.15) is 24.5 Å².